The molecule has 27 heavy (non-hydrogen) atoms. The monoisotopic (exact) mass is 388 g/mol. The quantitative estimate of drug-likeness (QED) is 0.838. The number of nitrogens with one attached hydrogen (secondary N) is 2. The van der Waals surface area contributed by atoms with Crippen molar-refractivity contribution in [3.05, 3.63) is 47.0 Å². The molecule has 7 heteroatoms. The van der Waals surface area contributed by atoms with Crippen LogP contribution in [0.5, 0.6) is 5.75 Å². The number of aryl methyl sites for hydroxylation is 3. The lowest BCUT2D eigenvalue weighted by Gasteiger charge is -2.18. The molecule has 0 atom stereocenters. The summed E-state index contributed by atoms with van der Waals surface area (Å²) in [4.78, 5) is 12.4. The maximum absolute atomic E-state index is 12.9. The molecule has 0 spiro atoms. The molecule has 0 radical (unpaired) electrons. The van der Waals surface area contributed by atoms with Gasteiger partial charge in [-0.2, -0.15) is 0 Å². The number of rotatable bonds is 3. The van der Waals surface area contributed by atoms with Gasteiger partial charge in [0.1, 0.15) is 12.4 Å². The van der Waals surface area contributed by atoms with Crippen LogP contribution in [0.2, 0.25) is 0 Å². The van der Waals surface area contributed by atoms with Crippen LogP contribution < -0.4 is 14.8 Å². The summed E-state index contributed by atoms with van der Waals surface area (Å²) < 4.78 is 34.1. The molecule has 0 aromatic heterocycles. The zero-order valence-electron chi connectivity index (χ0n) is 16.1. The molecule has 2 aromatic rings. The topological polar surface area (TPSA) is 84.5 Å². The fourth-order valence-electron chi connectivity index (χ4n) is 2.86. The molecule has 0 saturated carbocycles. The van der Waals surface area contributed by atoms with E-state index in [1.165, 1.54) is 0 Å². The minimum atomic E-state index is -3.75. The van der Waals surface area contributed by atoms with Crippen LogP contribution in [-0.4, -0.2) is 20.9 Å². The molecule has 1 aliphatic rings. The maximum atomic E-state index is 12.9. The summed E-state index contributed by atoms with van der Waals surface area (Å²) in [5.74, 6) is 0.297. The van der Waals surface area contributed by atoms with Crippen molar-refractivity contribution < 1.29 is 17.9 Å². The second kappa shape index (κ2) is 6.56. The molecule has 2 N–H and O–H groups in total. The smallest absolute Gasteiger partial charge is 0.262 e. The highest BCUT2D eigenvalue weighted by Crippen LogP contribution is 2.35. The first-order valence-corrected chi connectivity index (χ1v) is 10.2. The predicted octanol–water partition coefficient (Wildman–Crippen LogP) is 3.77. The number of fused-ring (bicyclic) bond motifs is 1. The molecule has 1 aliphatic heterocycles. The van der Waals surface area contributed by atoms with Crippen molar-refractivity contribution in [3.63, 3.8) is 0 Å². The van der Waals surface area contributed by atoms with Crippen LogP contribution >= 0.6 is 0 Å². The molecule has 2 aromatic carbocycles. The predicted molar refractivity (Wildman–Crippen MR) is 106 cm³/mol. The van der Waals surface area contributed by atoms with E-state index < -0.39 is 15.4 Å². The lowest BCUT2D eigenvalue weighted by Crippen LogP contribution is -2.33. The van der Waals surface area contributed by atoms with Crippen LogP contribution in [-0.2, 0) is 14.8 Å². The van der Waals surface area contributed by atoms with Crippen molar-refractivity contribution in [2.45, 2.75) is 39.5 Å². The third-order valence-electron chi connectivity index (χ3n) is 4.77. The molecule has 0 unspecified atom stereocenters. The Bertz CT molecular complexity index is 1030. The van der Waals surface area contributed by atoms with Crippen LogP contribution in [0.1, 0.15) is 30.5 Å². The molecular formula is C20H24N2O4S. The number of ether oxygens (including phenoxy) is 1. The van der Waals surface area contributed by atoms with E-state index in [9.17, 15) is 13.2 Å². The van der Waals surface area contributed by atoms with E-state index in [2.05, 4.69) is 10.0 Å². The summed E-state index contributed by atoms with van der Waals surface area (Å²) in [6, 6.07) is 8.37. The van der Waals surface area contributed by atoms with Gasteiger partial charge in [0.15, 0.2) is 0 Å². The highest BCUT2D eigenvalue weighted by atomic mass is 32.2. The molecule has 1 heterocycles. The number of benzene rings is 2. The lowest BCUT2D eigenvalue weighted by atomic mass is 9.94. The van der Waals surface area contributed by atoms with E-state index in [1.54, 1.807) is 45.0 Å². The SMILES string of the molecule is Cc1cc(C)c(S(=O)(=O)Nc2ccc3c(c2)OCC(C)(C)C(=O)N3)cc1C. The van der Waals surface area contributed by atoms with Gasteiger partial charge in [-0.05, 0) is 69.5 Å². The number of carbonyl (C=O) groups is 1. The van der Waals surface area contributed by atoms with Crippen molar-refractivity contribution >= 4 is 27.3 Å². The van der Waals surface area contributed by atoms with Crippen molar-refractivity contribution in [3.8, 4) is 5.75 Å². The van der Waals surface area contributed by atoms with Gasteiger partial charge in [-0.15, -0.1) is 0 Å². The van der Waals surface area contributed by atoms with Crippen LogP contribution in [0.4, 0.5) is 11.4 Å². The first-order chi connectivity index (χ1) is 12.5. The van der Waals surface area contributed by atoms with Gasteiger partial charge in [0.25, 0.3) is 10.0 Å². The van der Waals surface area contributed by atoms with E-state index >= 15 is 0 Å². The highest BCUT2D eigenvalue weighted by molar-refractivity contribution is 7.92. The van der Waals surface area contributed by atoms with Gasteiger partial charge in [-0.25, -0.2) is 8.42 Å². The van der Waals surface area contributed by atoms with Gasteiger partial charge in [0.05, 0.1) is 21.7 Å². The Balaban J connectivity index is 1.92. The van der Waals surface area contributed by atoms with Crippen molar-refractivity contribution in [1.82, 2.24) is 0 Å². The molecule has 0 bridgehead atoms. The minimum absolute atomic E-state index is 0.139. The summed E-state index contributed by atoms with van der Waals surface area (Å²) in [6.07, 6.45) is 0. The Kier molecular flexibility index (Phi) is 4.67. The normalized spacial score (nSPS) is 16.0. The van der Waals surface area contributed by atoms with E-state index in [0.717, 1.165) is 11.1 Å². The maximum Gasteiger partial charge on any atom is 0.262 e. The van der Waals surface area contributed by atoms with E-state index in [0.29, 0.717) is 22.7 Å². The summed E-state index contributed by atoms with van der Waals surface area (Å²) >= 11 is 0. The Labute approximate surface area is 160 Å². The zero-order chi connectivity index (χ0) is 20.0. The van der Waals surface area contributed by atoms with E-state index in [1.807, 2.05) is 19.9 Å². The Morgan fingerprint density at radius 1 is 1.04 bits per heavy atom. The largest absolute Gasteiger partial charge is 0.490 e. The number of sulfonamides is 1. The number of anilines is 2. The minimum Gasteiger partial charge on any atom is -0.490 e. The van der Waals surface area contributed by atoms with Crippen molar-refractivity contribution in [2.75, 3.05) is 16.6 Å². The fraction of sp³-hybridized carbons (Fsp3) is 0.350. The summed E-state index contributed by atoms with van der Waals surface area (Å²) in [5.41, 5.74) is 2.87. The lowest BCUT2D eigenvalue weighted by molar-refractivity contribution is -0.124. The van der Waals surface area contributed by atoms with Gasteiger partial charge >= 0.3 is 0 Å². The molecular weight excluding hydrogens is 364 g/mol. The Hall–Kier alpha value is -2.54. The molecule has 144 valence electrons. The van der Waals surface area contributed by atoms with E-state index in [4.69, 9.17) is 4.74 Å². The summed E-state index contributed by atoms with van der Waals surface area (Å²) in [6.45, 7) is 9.40. The molecule has 3 rings (SSSR count). The van der Waals surface area contributed by atoms with Crippen LogP contribution in [0.3, 0.4) is 0 Å². The van der Waals surface area contributed by atoms with E-state index in [-0.39, 0.29) is 17.4 Å². The molecule has 0 fully saturated rings. The third-order valence-corrected chi connectivity index (χ3v) is 6.29. The molecule has 0 saturated heterocycles. The number of hydrogen-bond acceptors (Lipinski definition) is 4. The Morgan fingerprint density at radius 3 is 2.41 bits per heavy atom. The molecule has 1 amide bonds. The Morgan fingerprint density at radius 2 is 1.70 bits per heavy atom. The van der Waals surface area contributed by atoms with Gasteiger partial charge < -0.3 is 10.1 Å². The van der Waals surface area contributed by atoms with Crippen LogP contribution in [0.15, 0.2) is 35.2 Å². The average Bonchev–Trinajstić information content (AvgIpc) is 2.67. The summed E-state index contributed by atoms with van der Waals surface area (Å²) in [7, 11) is -3.75. The first-order valence-electron chi connectivity index (χ1n) is 8.68. The van der Waals surface area contributed by atoms with Crippen LogP contribution in [0, 0.1) is 26.2 Å². The molecule has 0 aliphatic carbocycles. The van der Waals surface area contributed by atoms with Gasteiger partial charge in [-0.3, -0.25) is 9.52 Å². The second-order valence-corrected chi connectivity index (χ2v) is 9.30. The van der Waals surface area contributed by atoms with Crippen molar-refractivity contribution in [1.29, 1.82) is 0 Å². The van der Waals surface area contributed by atoms with Gasteiger partial charge in [-0.1, -0.05) is 6.07 Å². The standard InChI is InChI=1S/C20H24N2O4S/c1-12-8-14(3)18(9-13(12)2)27(24,25)22-15-6-7-16-17(10-15)26-11-20(4,5)19(23)21-16/h6-10,22H,11H2,1-5H3,(H,21,23). The number of amides is 1. The van der Waals surface area contributed by atoms with Crippen LogP contribution in [0.25, 0.3) is 0 Å². The van der Waals surface area contributed by atoms with Crippen molar-refractivity contribution in [2.24, 2.45) is 5.41 Å². The van der Waals surface area contributed by atoms with Gasteiger partial charge in [0.2, 0.25) is 5.91 Å². The molecule has 6 nitrogen and oxygen atoms in total. The second-order valence-electron chi connectivity index (χ2n) is 7.65. The number of hydrogen-bond donors (Lipinski definition) is 2. The van der Waals surface area contributed by atoms with Gasteiger partial charge in [0, 0.05) is 6.07 Å². The fourth-order valence-corrected chi connectivity index (χ4v) is 4.22. The number of carbonyl (C=O) groups excluding carboxylic acids is 1. The average molecular weight is 388 g/mol. The zero-order valence-corrected chi connectivity index (χ0v) is 17.0. The third kappa shape index (κ3) is 3.78. The highest BCUT2D eigenvalue weighted by Gasteiger charge is 2.32. The first kappa shape index (κ1) is 19.2. The summed E-state index contributed by atoms with van der Waals surface area (Å²) in [5, 5.41) is 2.82.